The average Bonchev–Trinajstić information content (AvgIpc) is 2.53. The van der Waals surface area contributed by atoms with Gasteiger partial charge in [-0.25, -0.2) is 8.78 Å². The molecule has 0 saturated carbocycles. The van der Waals surface area contributed by atoms with Crippen LogP contribution in [0, 0.1) is 24.5 Å². The van der Waals surface area contributed by atoms with E-state index in [1.807, 2.05) is 51.1 Å². The number of hydrogen-bond donors (Lipinski definition) is 0. The molecule has 0 N–H and O–H groups in total. The first-order valence-corrected chi connectivity index (χ1v) is 8.92. The van der Waals surface area contributed by atoms with Crippen molar-refractivity contribution in [3.05, 3.63) is 64.3 Å². The molecule has 1 rings (SSSR count). The first kappa shape index (κ1) is 21.1. The highest BCUT2D eigenvalue weighted by atomic mass is 19.1. The Morgan fingerprint density at radius 2 is 1.72 bits per heavy atom. The van der Waals surface area contributed by atoms with E-state index in [2.05, 4.69) is 13.8 Å². The third-order valence-corrected chi connectivity index (χ3v) is 4.41. The first-order chi connectivity index (χ1) is 11.8. The van der Waals surface area contributed by atoms with E-state index in [0.29, 0.717) is 17.2 Å². The van der Waals surface area contributed by atoms with Crippen molar-refractivity contribution in [2.45, 2.75) is 47.5 Å². The minimum atomic E-state index is -0.515. The molecular formula is C22H31F2N. The monoisotopic (exact) mass is 347 g/mol. The lowest BCUT2D eigenvalue weighted by Crippen LogP contribution is -2.17. The minimum Gasteiger partial charge on any atom is -0.377 e. The van der Waals surface area contributed by atoms with Crippen LogP contribution in [0.2, 0.25) is 0 Å². The SMILES string of the molecule is C\C=C/C(=C\C)C(/CC(C)CC)=C(\c1c(F)cc(C)cc1F)N(C)C. The van der Waals surface area contributed by atoms with Crippen molar-refractivity contribution in [3.63, 3.8) is 0 Å². The van der Waals surface area contributed by atoms with Gasteiger partial charge in [0.25, 0.3) is 0 Å². The largest absolute Gasteiger partial charge is 0.377 e. The van der Waals surface area contributed by atoms with E-state index in [9.17, 15) is 8.78 Å². The Hall–Kier alpha value is -1.90. The van der Waals surface area contributed by atoms with Gasteiger partial charge in [0.15, 0.2) is 0 Å². The highest BCUT2D eigenvalue weighted by molar-refractivity contribution is 5.73. The molecule has 1 nitrogen and oxygen atoms in total. The maximum atomic E-state index is 14.7. The van der Waals surface area contributed by atoms with Crippen molar-refractivity contribution >= 4 is 5.70 Å². The molecule has 0 fully saturated rings. The number of rotatable bonds is 7. The number of benzene rings is 1. The fourth-order valence-corrected chi connectivity index (χ4v) is 2.97. The van der Waals surface area contributed by atoms with Gasteiger partial charge in [-0.2, -0.15) is 0 Å². The van der Waals surface area contributed by atoms with Crippen molar-refractivity contribution in [2.24, 2.45) is 5.92 Å². The van der Waals surface area contributed by atoms with Gasteiger partial charge in [0.2, 0.25) is 0 Å². The van der Waals surface area contributed by atoms with Crippen LogP contribution in [0.15, 0.2) is 41.5 Å². The van der Waals surface area contributed by atoms with E-state index in [-0.39, 0.29) is 5.56 Å². The molecule has 0 heterocycles. The summed E-state index contributed by atoms with van der Waals surface area (Å²) in [5, 5.41) is 0. The summed E-state index contributed by atoms with van der Waals surface area (Å²) in [5.41, 5.74) is 3.23. The molecule has 138 valence electrons. The molecule has 25 heavy (non-hydrogen) atoms. The van der Waals surface area contributed by atoms with Crippen LogP contribution in [0.5, 0.6) is 0 Å². The Kier molecular flexibility index (Phi) is 8.08. The van der Waals surface area contributed by atoms with Crippen LogP contribution in [0.3, 0.4) is 0 Å². The van der Waals surface area contributed by atoms with Crippen molar-refractivity contribution in [1.29, 1.82) is 0 Å². The second-order valence-electron chi connectivity index (χ2n) is 6.79. The average molecular weight is 347 g/mol. The zero-order valence-corrected chi connectivity index (χ0v) is 16.6. The Morgan fingerprint density at radius 3 is 2.12 bits per heavy atom. The third kappa shape index (κ3) is 5.29. The van der Waals surface area contributed by atoms with Crippen molar-refractivity contribution in [2.75, 3.05) is 14.1 Å². The highest BCUT2D eigenvalue weighted by Crippen LogP contribution is 2.34. The van der Waals surface area contributed by atoms with E-state index in [1.165, 1.54) is 12.1 Å². The molecule has 0 aliphatic heterocycles. The van der Waals surface area contributed by atoms with Crippen molar-refractivity contribution in [1.82, 2.24) is 4.90 Å². The van der Waals surface area contributed by atoms with Crippen LogP contribution < -0.4 is 0 Å². The van der Waals surface area contributed by atoms with Crippen LogP contribution in [0.1, 0.15) is 51.7 Å². The molecule has 0 saturated heterocycles. The molecule has 1 aromatic rings. The van der Waals surface area contributed by atoms with E-state index < -0.39 is 11.6 Å². The van der Waals surface area contributed by atoms with Crippen LogP contribution in [0.25, 0.3) is 5.70 Å². The van der Waals surface area contributed by atoms with Crippen LogP contribution in [-0.4, -0.2) is 19.0 Å². The molecule has 1 aromatic carbocycles. The van der Waals surface area contributed by atoms with Gasteiger partial charge in [-0.3, -0.25) is 0 Å². The smallest absolute Gasteiger partial charge is 0.135 e. The molecule has 3 heteroatoms. The molecule has 0 aliphatic carbocycles. The Balaban J connectivity index is 3.81. The molecule has 0 radical (unpaired) electrons. The lowest BCUT2D eigenvalue weighted by atomic mass is 9.89. The lowest BCUT2D eigenvalue weighted by molar-refractivity contribution is 0.524. The predicted octanol–water partition coefficient (Wildman–Crippen LogP) is 6.50. The van der Waals surface area contributed by atoms with E-state index in [0.717, 1.165) is 24.0 Å². The lowest BCUT2D eigenvalue weighted by Gasteiger charge is -2.26. The highest BCUT2D eigenvalue weighted by Gasteiger charge is 2.22. The standard InChI is InChI=1S/C22H31F2N/c1-8-11-17(10-3)18(12-15(4)9-2)22(25(6)7)21-19(23)13-16(5)14-20(21)24/h8,10-11,13-15H,9,12H2,1-7H3/b11-8-,17-10+,22-18+. The summed E-state index contributed by atoms with van der Waals surface area (Å²) in [6.07, 6.45) is 7.74. The van der Waals surface area contributed by atoms with Gasteiger partial charge in [0, 0.05) is 14.1 Å². The summed E-state index contributed by atoms with van der Waals surface area (Å²) in [7, 11) is 3.68. The number of aryl methyl sites for hydroxylation is 1. The van der Waals surface area contributed by atoms with E-state index in [1.54, 1.807) is 6.92 Å². The van der Waals surface area contributed by atoms with Crippen LogP contribution >= 0.6 is 0 Å². The van der Waals surface area contributed by atoms with Gasteiger partial charge < -0.3 is 4.90 Å². The zero-order valence-electron chi connectivity index (χ0n) is 16.6. The fraction of sp³-hybridized carbons (Fsp3) is 0.455. The number of halogens is 2. The maximum absolute atomic E-state index is 14.7. The molecule has 1 atom stereocenters. The Morgan fingerprint density at radius 1 is 1.16 bits per heavy atom. The number of nitrogens with zero attached hydrogens (tertiary/aromatic N) is 1. The molecule has 0 spiro atoms. The van der Waals surface area contributed by atoms with E-state index >= 15 is 0 Å². The fourth-order valence-electron chi connectivity index (χ4n) is 2.97. The quantitative estimate of drug-likeness (QED) is 0.509. The minimum absolute atomic E-state index is 0.0535. The topological polar surface area (TPSA) is 3.24 Å². The third-order valence-electron chi connectivity index (χ3n) is 4.41. The van der Waals surface area contributed by atoms with Gasteiger partial charge in [0.05, 0.1) is 11.3 Å². The van der Waals surface area contributed by atoms with Crippen molar-refractivity contribution in [3.8, 4) is 0 Å². The Labute approximate surface area is 151 Å². The molecule has 1 unspecified atom stereocenters. The van der Waals surface area contributed by atoms with Gasteiger partial charge in [-0.1, -0.05) is 38.5 Å². The zero-order chi connectivity index (χ0) is 19.1. The van der Waals surface area contributed by atoms with E-state index in [4.69, 9.17) is 0 Å². The second kappa shape index (κ2) is 9.55. The summed E-state index contributed by atoms with van der Waals surface area (Å²) in [6.45, 7) is 9.91. The summed E-state index contributed by atoms with van der Waals surface area (Å²) < 4.78 is 29.4. The van der Waals surface area contributed by atoms with Crippen LogP contribution in [0.4, 0.5) is 8.78 Å². The maximum Gasteiger partial charge on any atom is 0.135 e. The molecular weight excluding hydrogens is 316 g/mol. The number of hydrogen-bond acceptors (Lipinski definition) is 1. The van der Waals surface area contributed by atoms with Gasteiger partial charge in [-0.05, 0) is 62.0 Å². The molecule has 0 aliphatic rings. The van der Waals surface area contributed by atoms with Crippen molar-refractivity contribution < 1.29 is 8.78 Å². The second-order valence-corrected chi connectivity index (χ2v) is 6.79. The summed E-state index contributed by atoms with van der Waals surface area (Å²) in [4.78, 5) is 1.82. The summed E-state index contributed by atoms with van der Waals surface area (Å²) in [5.74, 6) is -0.612. The van der Waals surface area contributed by atoms with Gasteiger partial charge >= 0.3 is 0 Å². The number of allylic oxidation sites excluding steroid dienone is 5. The normalized spacial score (nSPS) is 14.7. The predicted molar refractivity (Wildman–Crippen MR) is 104 cm³/mol. The molecule has 0 bridgehead atoms. The summed E-state index contributed by atoms with van der Waals surface area (Å²) in [6, 6.07) is 2.79. The molecule has 0 aromatic heterocycles. The Bertz CT molecular complexity index is 658. The molecule has 0 amide bonds. The summed E-state index contributed by atoms with van der Waals surface area (Å²) >= 11 is 0. The van der Waals surface area contributed by atoms with Gasteiger partial charge in [0.1, 0.15) is 11.6 Å². The van der Waals surface area contributed by atoms with Crippen LogP contribution in [-0.2, 0) is 0 Å². The first-order valence-electron chi connectivity index (χ1n) is 8.92. The van der Waals surface area contributed by atoms with Gasteiger partial charge in [-0.15, -0.1) is 0 Å².